The van der Waals surface area contributed by atoms with Gasteiger partial charge in [-0.05, 0) is 41.3 Å². The molecular formula is C27H33N5O2S. The van der Waals surface area contributed by atoms with E-state index in [0.717, 1.165) is 42.3 Å². The van der Waals surface area contributed by atoms with E-state index in [9.17, 15) is 9.59 Å². The van der Waals surface area contributed by atoms with Crippen LogP contribution >= 0.6 is 11.3 Å². The summed E-state index contributed by atoms with van der Waals surface area (Å²) in [5.74, 6) is -1.20. The Morgan fingerprint density at radius 2 is 1.57 bits per heavy atom. The predicted molar refractivity (Wildman–Crippen MR) is 143 cm³/mol. The zero-order valence-corrected chi connectivity index (χ0v) is 21.1. The molecule has 0 saturated carbocycles. The van der Waals surface area contributed by atoms with Crippen LogP contribution in [0, 0.1) is 0 Å². The zero-order valence-electron chi connectivity index (χ0n) is 20.3. The maximum Gasteiger partial charge on any atom is 0.309 e. The first-order valence-corrected chi connectivity index (χ1v) is 12.8. The quantitative estimate of drug-likeness (QED) is 0.474. The highest BCUT2D eigenvalue weighted by molar-refractivity contribution is 7.09. The third kappa shape index (κ3) is 6.61. The molecule has 2 N–H and O–H groups in total. The minimum absolute atomic E-state index is 0.0156. The Bertz CT molecular complexity index is 1080. The molecule has 2 aromatic carbocycles. The van der Waals surface area contributed by atoms with Crippen molar-refractivity contribution in [3.63, 3.8) is 0 Å². The molecule has 0 unspecified atom stereocenters. The first-order valence-electron chi connectivity index (χ1n) is 11.9. The second-order valence-electron chi connectivity index (χ2n) is 8.83. The Labute approximate surface area is 211 Å². The third-order valence-electron chi connectivity index (χ3n) is 6.34. The smallest absolute Gasteiger partial charge is 0.309 e. The van der Waals surface area contributed by atoms with Gasteiger partial charge < -0.3 is 20.4 Å². The summed E-state index contributed by atoms with van der Waals surface area (Å²) in [6.45, 7) is 4.29. The summed E-state index contributed by atoms with van der Waals surface area (Å²) >= 11 is 1.55. The lowest BCUT2D eigenvalue weighted by molar-refractivity contribution is -0.139. The van der Waals surface area contributed by atoms with Crippen molar-refractivity contribution < 1.29 is 9.59 Å². The van der Waals surface area contributed by atoms with Crippen molar-refractivity contribution in [1.29, 1.82) is 0 Å². The fourth-order valence-corrected chi connectivity index (χ4v) is 4.96. The molecule has 4 rings (SSSR count). The molecule has 1 aliphatic heterocycles. The minimum atomic E-state index is -0.603. The maximum absolute atomic E-state index is 12.5. The summed E-state index contributed by atoms with van der Waals surface area (Å²) in [5, 5.41) is 7.53. The third-order valence-corrected chi connectivity index (χ3v) is 7.21. The number of rotatable bonds is 8. The molecule has 1 aromatic heterocycles. The van der Waals surface area contributed by atoms with Crippen LogP contribution in [-0.4, -0.2) is 63.5 Å². The molecule has 3 aromatic rings. The molecule has 35 heavy (non-hydrogen) atoms. The highest BCUT2D eigenvalue weighted by Crippen LogP contribution is 2.25. The van der Waals surface area contributed by atoms with Crippen molar-refractivity contribution in [3.05, 3.63) is 82.6 Å². The van der Waals surface area contributed by atoms with Gasteiger partial charge in [0.05, 0.1) is 12.6 Å². The predicted octanol–water partition coefficient (Wildman–Crippen LogP) is 3.11. The molecule has 0 spiro atoms. The second-order valence-corrected chi connectivity index (χ2v) is 9.86. The Morgan fingerprint density at radius 1 is 0.886 bits per heavy atom. The Hall–Kier alpha value is -3.36. The van der Waals surface area contributed by atoms with Gasteiger partial charge >= 0.3 is 11.8 Å². The van der Waals surface area contributed by atoms with E-state index in [1.54, 1.807) is 11.3 Å². The standard InChI is InChI=1S/C27H33N5O2S/c1-30(2)22-12-10-21(11-13-22)25(20-29-27(34)26(33)28-19-24-9-6-18-35-24)32-16-14-31(15-17-32)23-7-4-3-5-8-23/h3-13,18,25H,14-17,19-20H2,1-2H3,(H,28,33)(H,29,34)/t25-/m1/s1. The van der Waals surface area contributed by atoms with Gasteiger partial charge in [-0.25, -0.2) is 0 Å². The van der Waals surface area contributed by atoms with Gasteiger partial charge in [0.25, 0.3) is 0 Å². The summed E-state index contributed by atoms with van der Waals surface area (Å²) in [4.78, 5) is 32.8. The van der Waals surface area contributed by atoms with Gasteiger partial charge in [0, 0.05) is 63.1 Å². The van der Waals surface area contributed by atoms with Gasteiger partial charge in [0.15, 0.2) is 0 Å². The molecule has 7 nitrogen and oxygen atoms in total. The number of amides is 2. The highest BCUT2D eigenvalue weighted by atomic mass is 32.1. The summed E-state index contributed by atoms with van der Waals surface area (Å²) in [7, 11) is 4.04. The summed E-state index contributed by atoms with van der Waals surface area (Å²) in [6, 6.07) is 22.7. The van der Waals surface area contributed by atoms with Gasteiger partial charge in [-0.1, -0.05) is 36.4 Å². The molecule has 1 saturated heterocycles. The molecule has 2 amide bonds. The van der Waals surface area contributed by atoms with Gasteiger partial charge in [0.1, 0.15) is 0 Å². The molecule has 1 atom stereocenters. The van der Waals surface area contributed by atoms with Crippen LogP contribution in [0.4, 0.5) is 11.4 Å². The SMILES string of the molecule is CN(C)c1ccc([C@@H](CNC(=O)C(=O)NCc2cccs2)N2CCN(c3ccccc3)CC2)cc1. The molecule has 0 aliphatic carbocycles. The van der Waals surface area contributed by atoms with E-state index in [1.807, 2.05) is 37.7 Å². The Morgan fingerprint density at radius 3 is 2.20 bits per heavy atom. The highest BCUT2D eigenvalue weighted by Gasteiger charge is 2.26. The molecular weight excluding hydrogens is 458 g/mol. The van der Waals surface area contributed by atoms with Crippen LogP contribution < -0.4 is 20.4 Å². The number of anilines is 2. The molecule has 0 bridgehead atoms. The summed E-state index contributed by atoms with van der Waals surface area (Å²) in [6.07, 6.45) is 0. The van der Waals surface area contributed by atoms with E-state index in [1.165, 1.54) is 5.69 Å². The Balaban J connectivity index is 1.40. The van der Waals surface area contributed by atoms with E-state index in [-0.39, 0.29) is 6.04 Å². The average molecular weight is 492 g/mol. The molecule has 2 heterocycles. The van der Waals surface area contributed by atoms with Crippen LogP contribution in [0.25, 0.3) is 0 Å². The number of thiophene rings is 1. The van der Waals surface area contributed by atoms with Crippen LogP contribution in [0.1, 0.15) is 16.5 Å². The lowest BCUT2D eigenvalue weighted by atomic mass is 10.0. The van der Waals surface area contributed by atoms with E-state index < -0.39 is 11.8 Å². The lowest BCUT2D eigenvalue weighted by Crippen LogP contribution is -2.50. The number of hydrogen-bond donors (Lipinski definition) is 2. The molecule has 1 fully saturated rings. The van der Waals surface area contributed by atoms with Crippen molar-refractivity contribution >= 4 is 34.5 Å². The van der Waals surface area contributed by atoms with Gasteiger partial charge in [-0.2, -0.15) is 0 Å². The number of benzene rings is 2. The number of para-hydroxylation sites is 1. The largest absolute Gasteiger partial charge is 0.378 e. The lowest BCUT2D eigenvalue weighted by Gasteiger charge is -2.40. The number of carbonyl (C=O) groups excluding carboxylic acids is 2. The van der Waals surface area contributed by atoms with Gasteiger partial charge in [-0.3, -0.25) is 14.5 Å². The number of nitrogens with zero attached hydrogens (tertiary/aromatic N) is 3. The number of piperazine rings is 1. The van der Waals surface area contributed by atoms with Crippen molar-refractivity contribution in [2.45, 2.75) is 12.6 Å². The average Bonchev–Trinajstić information content (AvgIpc) is 3.42. The second kappa shape index (κ2) is 11.9. The zero-order chi connectivity index (χ0) is 24.6. The number of hydrogen-bond acceptors (Lipinski definition) is 6. The summed E-state index contributed by atoms with van der Waals surface area (Å²) in [5.41, 5.74) is 3.48. The van der Waals surface area contributed by atoms with E-state index in [2.05, 4.69) is 73.9 Å². The molecule has 0 radical (unpaired) electrons. The van der Waals surface area contributed by atoms with E-state index in [4.69, 9.17) is 0 Å². The summed E-state index contributed by atoms with van der Waals surface area (Å²) < 4.78 is 0. The van der Waals surface area contributed by atoms with Crippen LogP contribution in [0.3, 0.4) is 0 Å². The van der Waals surface area contributed by atoms with Crippen LogP contribution in [0.5, 0.6) is 0 Å². The monoisotopic (exact) mass is 491 g/mol. The molecule has 184 valence electrons. The van der Waals surface area contributed by atoms with Crippen molar-refractivity contribution in [2.75, 3.05) is 56.6 Å². The van der Waals surface area contributed by atoms with Gasteiger partial charge in [-0.15, -0.1) is 11.3 Å². The fourth-order valence-electron chi connectivity index (χ4n) is 4.31. The van der Waals surface area contributed by atoms with Crippen molar-refractivity contribution in [2.24, 2.45) is 0 Å². The normalized spacial score (nSPS) is 14.9. The molecule has 1 aliphatic rings. The van der Waals surface area contributed by atoms with Crippen molar-refractivity contribution in [1.82, 2.24) is 15.5 Å². The van der Waals surface area contributed by atoms with Gasteiger partial charge in [0.2, 0.25) is 0 Å². The van der Waals surface area contributed by atoms with Crippen LogP contribution in [-0.2, 0) is 16.1 Å². The maximum atomic E-state index is 12.5. The number of nitrogens with one attached hydrogen (secondary N) is 2. The first kappa shape index (κ1) is 24.8. The van der Waals surface area contributed by atoms with E-state index in [0.29, 0.717) is 13.1 Å². The number of carbonyl (C=O) groups is 2. The van der Waals surface area contributed by atoms with Crippen molar-refractivity contribution in [3.8, 4) is 0 Å². The van der Waals surface area contributed by atoms with Crippen LogP contribution in [0.15, 0.2) is 72.1 Å². The van der Waals surface area contributed by atoms with Crippen LogP contribution in [0.2, 0.25) is 0 Å². The topological polar surface area (TPSA) is 67.9 Å². The van der Waals surface area contributed by atoms with E-state index >= 15 is 0 Å². The minimum Gasteiger partial charge on any atom is -0.378 e. The fraction of sp³-hybridized carbons (Fsp3) is 0.333. The first-order chi connectivity index (χ1) is 17.0. The molecule has 8 heteroatoms. The Kier molecular flexibility index (Phi) is 8.39.